The summed E-state index contributed by atoms with van der Waals surface area (Å²) in [6.07, 6.45) is -0.890. The Balaban J connectivity index is 1.33. The van der Waals surface area contributed by atoms with Gasteiger partial charge in [0.2, 0.25) is 6.10 Å². The number of fused-ring (bicyclic) bond motifs is 1. The summed E-state index contributed by atoms with van der Waals surface area (Å²) in [7, 11) is 0. The number of carbonyl (C=O) groups is 2. The van der Waals surface area contributed by atoms with Crippen LogP contribution in [0.3, 0.4) is 0 Å². The fourth-order valence-corrected chi connectivity index (χ4v) is 2.29. The first-order chi connectivity index (χ1) is 12.7. The molecule has 2 aromatic rings. The van der Waals surface area contributed by atoms with Gasteiger partial charge in [0.15, 0.2) is 18.1 Å². The predicted octanol–water partition coefficient (Wildman–Crippen LogP) is 1.56. The van der Waals surface area contributed by atoms with Crippen molar-refractivity contribution in [1.29, 1.82) is 0 Å². The molecule has 26 heavy (non-hydrogen) atoms. The Morgan fingerprint density at radius 1 is 1.04 bits per heavy atom. The molecule has 1 atom stereocenters. The molecule has 1 heterocycles. The predicted molar refractivity (Wildman–Crippen MR) is 92.3 cm³/mol. The lowest BCUT2D eigenvalue weighted by atomic mass is 10.2. The van der Waals surface area contributed by atoms with Gasteiger partial charge in [-0.15, -0.1) is 0 Å². The zero-order valence-corrected chi connectivity index (χ0v) is 14.1. The van der Waals surface area contributed by atoms with Crippen LogP contribution in [-0.2, 0) is 14.3 Å². The second-order valence-corrected chi connectivity index (χ2v) is 5.48. The monoisotopic (exact) mass is 357 g/mol. The molecule has 3 rings (SSSR count). The zero-order chi connectivity index (χ0) is 18.2. The summed E-state index contributed by atoms with van der Waals surface area (Å²) in [5.74, 6) is 0.723. The fraction of sp³-hybridized carbons (Fsp3) is 0.263. The van der Waals surface area contributed by atoms with Crippen LogP contribution >= 0.6 is 0 Å². The van der Waals surface area contributed by atoms with Crippen molar-refractivity contribution in [3.05, 3.63) is 54.6 Å². The average molecular weight is 357 g/mol. The van der Waals surface area contributed by atoms with Crippen molar-refractivity contribution in [3.63, 3.8) is 0 Å². The molecule has 0 saturated heterocycles. The van der Waals surface area contributed by atoms with Gasteiger partial charge in [0.1, 0.15) is 19.0 Å². The molecule has 0 aromatic heterocycles. The first kappa shape index (κ1) is 17.6. The van der Waals surface area contributed by atoms with Gasteiger partial charge in [0.05, 0.1) is 6.54 Å². The van der Waals surface area contributed by atoms with Gasteiger partial charge in [0, 0.05) is 0 Å². The van der Waals surface area contributed by atoms with E-state index in [9.17, 15) is 9.59 Å². The summed E-state index contributed by atoms with van der Waals surface area (Å²) < 4.78 is 21.4. The Morgan fingerprint density at radius 2 is 1.77 bits per heavy atom. The number of para-hydroxylation sites is 3. The standard InChI is InChI=1S/C19H19NO6/c21-18(20-10-11-23-14-6-2-1-3-7-14)13-25-19(22)17-12-24-15-8-4-5-9-16(15)26-17/h1-9,17H,10-13H2,(H,20,21)/t17-/m0/s1. The molecule has 1 aliphatic rings. The Bertz CT molecular complexity index is 749. The minimum atomic E-state index is -0.890. The van der Waals surface area contributed by atoms with E-state index in [0.29, 0.717) is 24.7 Å². The topological polar surface area (TPSA) is 83.1 Å². The number of hydrogen-bond donors (Lipinski definition) is 1. The van der Waals surface area contributed by atoms with E-state index in [1.54, 1.807) is 18.2 Å². The van der Waals surface area contributed by atoms with Crippen LogP contribution < -0.4 is 19.5 Å². The first-order valence-corrected chi connectivity index (χ1v) is 8.22. The normalized spacial score (nSPS) is 15.0. The minimum Gasteiger partial charge on any atom is -0.492 e. The summed E-state index contributed by atoms with van der Waals surface area (Å²) in [4.78, 5) is 23.7. The molecular formula is C19H19NO6. The highest BCUT2D eigenvalue weighted by molar-refractivity contribution is 5.82. The van der Waals surface area contributed by atoms with Gasteiger partial charge < -0.3 is 24.3 Å². The Hall–Kier alpha value is -3.22. The maximum atomic E-state index is 12.0. The van der Waals surface area contributed by atoms with E-state index in [1.807, 2.05) is 36.4 Å². The largest absolute Gasteiger partial charge is 0.492 e. The van der Waals surface area contributed by atoms with Gasteiger partial charge in [0.25, 0.3) is 5.91 Å². The molecule has 0 spiro atoms. The third-order valence-electron chi connectivity index (χ3n) is 3.55. The molecule has 7 nitrogen and oxygen atoms in total. The van der Waals surface area contributed by atoms with Crippen LogP contribution in [0.4, 0.5) is 0 Å². The molecule has 136 valence electrons. The number of carbonyl (C=O) groups excluding carboxylic acids is 2. The summed E-state index contributed by atoms with van der Waals surface area (Å²) in [5, 5.41) is 2.61. The molecule has 0 radical (unpaired) electrons. The molecule has 1 aliphatic heterocycles. The van der Waals surface area contributed by atoms with Crippen LogP contribution in [0.25, 0.3) is 0 Å². The van der Waals surface area contributed by atoms with Crippen LogP contribution in [0, 0.1) is 0 Å². The fourth-order valence-electron chi connectivity index (χ4n) is 2.29. The number of rotatable bonds is 7. The number of esters is 1. The molecule has 0 unspecified atom stereocenters. The van der Waals surface area contributed by atoms with Crippen molar-refractivity contribution in [2.24, 2.45) is 0 Å². The third-order valence-corrected chi connectivity index (χ3v) is 3.55. The molecule has 0 fully saturated rings. The second kappa shape index (κ2) is 8.75. The van der Waals surface area contributed by atoms with Crippen molar-refractivity contribution in [2.45, 2.75) is 6.10 Å². The van der Waals surface area contributed by atoms with E-state index in [4.69, 9.17) is 18.9 Å². The number of ether oxygens (including phenoxy) is 4. The van der Waals surface area contributed by atoms with Gasteiger partial charge >= 0.3 is 5.97 Å². The first-order valence-electron chi connectivity index (χ1n) is 8.22. The second-order valence-electron chi connectivity index (χ2n) is 5.48. The average Bonchev–Trinajstić information content (AvgIpc) is 2.70. The highest BCUT2D eigenvalue weighted by atomic mass is 16.6. The van der Waals surface area contributed by atoms with Crippen molar-refractivity contribution in [1.82, 2.24) is 5.32 Å². The van der Waals surface area contributed by atoms with Gasteiger partial charge in [-0.05, 0) is 24.3 Å². The SMILES string of the molecule is O=C(COC(=O)[C@@H]1COc2ccccc2O1)NCCOc1ccccc1. The van der Waals surface area contributed by atoms with Crippen molar-refractivity contribution >= 4 is 11.9 Å². The summed E-state index contributed by atoms with van der Waals surface area (Å²) in [6.45, 7) is 0.288. The molecule has 0 saturated carbocycles. The molecule has 2 aromatic carbocycles. The lowest BCUT2D eigenvalue weighted by Crippen LogP contribution is -2.40. The summed E-state index contributed by atoms with van der Waals surface area (Å²) in [6, 6.07) is 16.3. The van der Waals surface area contributed by atoms with E-state index in [2.05, 4.69) is 5.32 Å². The number of amides is 1. The highest BCUT2D eigenvalue weighted by Gasteiger charge is 2.29. The number of hydrogen-bond acceptors (Lipinski definition) is 6. The zero-order valence-electron chi connectivity index (χ0n) is 14.1. The smallest absolute Gasteiger partial charge is 0.351 e. The summed E-state index contributed by atoms with van der Waals surface area (Å²) in [5.41, 5.74) is 0. The summed E-state index contributed by atoms with van der Waals surface area (Å²) >= 11 is 0. The van der Waals surface area contributed by atoms with Crippen LogP contribution in [0.5, 0.6) is 17.2 Å². The van der Waals surface area contributed by atoms with Crippen LogP contribution in [0.2, 0.25) is 0 Å². The van der Waals surface area contributed by atoms with Gasteiger partial charge in [-0.1, -0.05) is 30.3 Å². The molecular weight excluding hydrogens is 338 g/mol. The van der Waals surface area contributed by atoms with Gasteiger partial charge in [-0.25, -0.2) is 4.79 Å². The maximum absolute atomic E-state index is 12.0. The Morgan fingerprint density at radius 3 is 2.58 bits per heavy atom. The van der Waals surface area contributed by atoms with E-state index < -0.39 is 18.0 Å². The number of benzene rings is 2. The van der Waals surface area contributed by atoms with Gasteiger partial charge in [-0.2, -0.15) is 0 Å². The van der Waals surface area contributed by atoms with Crippen molar-refractivity contribution in [2.75, 3.05) is 26.4 Å². The van der Waals surface area contributed by atoms with E-state index >= 15 is 0 Å². The minimum absolute atomic E-state index is 0.0440. The van der Waals surface area contributed by atoms with E-state index in [1.165, 1.54) is 0 Å². The molecule has 7 heteroatoms. The quantitative estimate of drug-likeness (QED) is 0.598. The lowest BCUT2D eigenvalue weighted by Gasteiger charge is -2.24. The third kappa shape index (κ3) is 4.89. The molecule has 0 aliphatic carbocycles. The lowest BCUT2D eigenvalue weighted by molar-refractivity contribution is -0.157. The highest BCUT2D eigenvalue weighted by Crippen LogP contribution is 2.31. The van der Waals surface area contributed by atoms with Crippen molar-refractivity contribution in [3.8, 4) is 17.2 Å². The molecule has 0 bridgehead atoms. The van der Waals surface area contributed by atoms with Crippen LogP contribution in [0.1, 0.15) is 0 Å². The van der Waals surface area contributed by atoms with E-state index in [-0.39, 0.29) is 13.2 Å². The van der Waals surface area contributed by atoms with Crippen LogP contribution in [0.15, 0.2) is 54.6 Å². The molecule has 1 N–H and O–H groups in total. The van der Waals surface area contributed by atoms with Crippen LogP contribution in [-0.4, -0.2) is 44.3 Å². The van der Waals surface area contributed by atoms with E-state index in [0.717, 1.165) is 5.75 Å². The maximum Gasteiger partial charge on any atom is 0.351 e. The van der Waals surface area contributed by atoms with Crippen molar-refractivity contribution < 1.29 is 28.5 Å². The number of nitrogens with one attached hydrogen (secondary N) is 1. The van der Waals surface area contributed by atoms with Gasteiger partial charge in [-0.3, -0.25) is 4.79 Å². The Kier molecular flexibility index (Phi) is 5.92. The Labute approximate surface area is 150 Å². The molecule has 1 amide bonds.